The van der Waals surface area contributed by atoms with Gasteiger partial charge in [-0.1, -0.05) is 0 Å². The van der Waals surface area contributed by atoms with Gasteiger partial charge in [0.25, 0.3) is 0 Å². The summed E-state index contributed by atoms with van der Waals surface area (Å²) in [6.07, 6.45) is 20.9. The normalized spacial score (nSPS) is 10.6. The topological polar surface area (TPSA) is 0 Å². The first kappa shape index (κ1) is 19.6. The summed E-state index contributed by atoms with van der Waals surface area (Å²) in [5, 5.41) is 3.35. The van der Waals surface area contributed by atoms with Crippen LogP contribution in [-0.2, 0) is 17.1 Å². The molecule has 0 saturated carbocycles. The van der Waals surface area contributed by atoms with E-state index in [9.17, 15) is 0 Å². The second kappa shape index (κ2) is 18.6. The van der Waals surface area contributed by atoms with E-state index in [-0.39, 0.29) is 17.1 Å². The summed E-state index contributed by atoms with van der Waals surface area (Å²) in [5.74, 6) is 0. The molecule has 0 atom stereocenters. The molecule has 112 valence electrons. The van der Waals surface area contributed by atoms with Gasteiger partial charge in [-0.2, -0.15) is 0 Å². The van der Waals surface area contributed by atoms with Crippen LogP contribution in [0.25, 0.3) is 0 Å². The molecule has 0 amide bonds. The quantitative estimate of drug-likeness (QED) is 0.205. The molecule has 0 aromatic rings. The molecule has 0 aliphatic carbocycles. The summed E-state index contributed by atoms with van der Waals surface area (Å²) < 4.78 is 0. The van der Waals surface area contributed by atoms with E-state index in [0.717, 1.165) is 0 Å². The van der Waals surface area contributed by atoms with E-state index < -0.39 is 0 Å². The molecule has 0 fully saturated rings. The van der Waals surface area contributed by atoms with Crippen LogP contribution in [0.3, 0.4) is 0 Å². The van der Waals surface area contributed by atoms with E-state index in [4.69, 9.17) is 0 Å². The summed E-state index contributed by atoms with van der Waals surface area (Å²) in [4.78, 5) is 0. The van der Waals surface area contributed by atoms with Gasteiger partial charge < -0.3 is 0 Å². The van der Waals surface area contributed by atoms with Crippen molar-refractivity contribution >= 4 is 0 Å². The maximum atomic E-state index is 2.30. The zero-order valence-electron chi connectivity index (χ0n) is 14.0. The minimum atomic E-state index is -0.0847. The maximum absolute atomic E-state index is 2.30. The van der Waals surface area contributed by atoms with Gasteiger partial charge in [0.1, 0.15) is 0 Å². The Labute approximate surface area is 131 Å². The van der Waals surface area contributed by atoms with Crippen LogP contribution >= 0.6 is 0 Å². The zero-order chi connectivity index (χ0) is 14.0. The predicted molar refractivity (Wildman–Crippen MR) is 85.6 cm³/mol. The molecule has 19 heavy (non-hydrogen) atoms. The van der Waals surface area contributed by atoms with Gasteiger partial charge in [-0.05, 0) is 0 Å². The molecule has 0 aromatic carbocycles. The van der Waals surface area contributed by atoms with Gasteiger partial charge in [-0.15, -0.1) is 0 Å². The van der Waals surface area contributed by atoms with Gasteiger partial charge >= 0.3 is 131 Å². The first-order valence-corrected chi connectivity index (χ1v) is 13.6. The molecule has 0 rings (SSSR count). The Morgan fingerprint density at radius 3 is 1.11 bits per heavy atom. The molecule has 0 aliphatic heterocycles. The molecule has 0 N–H and O–H groups in total. The van der Waals surface area contributed by atoms with Crippen LogP contribution in [0.5, 0.6) is 0 Å². The Kier molecular flexibility index (Phi) is 19.2. The summed E-state index contributed by atoms with van der Waals surface area (Å²) >= 11 is -0.0847. The van der Waals surface area contributed by atoms with Crippen LogP contribution in [-0.4, -0.2) is 0 Å². The molecular formula is C18H38Zn. The van der Waals surface area contributed by atoms with Crippen molar-refractivity contribution in [2.24, 2.45) is 0 Å². The minimum absolute atomic E-state index is 0.0847. The predicted octanol–water partition coefficient (Wildman–Crippen LogP) is 7.41. The monoisotopic (exact) mass is 318 g/mol. The van der Waals surface area contributed by atoms with Crippen LogP contribution < -0.4 is 0 Å². The van der Waals surface area contributed by atoms with E-state index >= 15 is 0 Å². The molecule has 1 heteroatoms. The number of hydrogen-bond donors (Lipinski definition) is 0. The summed E-state index contributed by atoms with van der Waals surface area (Å²) in [6, 6.07) is 0. The Morgan fingerprint density at radius 2 is 0.737 bits per heavy atom. The molecule has 0 aromatic heterocycles. The molecule has 0 saturated heterocycles. The average Bonchev–Trinajstić information content (AvgIpc) is 2.43. The van der Waals surface area contributed by atoms with Gasteiger partial charge in [0.2, 0.25) is 0 Å². The van der Waals surface area contributed by atoms with E-state index in [1.54, 1.807) is 22.9 Å². The van der Waals surface area contributed by atoms with Crippen molar-refractivity contribution < 1.29 is 17.1 Å². The Hall–Kier alpha value is 0.623. The Bertz CT molecular complexity index is 129. The molecule has 0 spiro atoms. The zero-order valence-corrected chi connectivity index (χ0v) is 17.0. The summed E-state index contributed by atoms with van der Waals surface area (Å²) in [5.41, 5.74) is 0. The third-order valence-corrected chi connectivity index (χ3v) is 8.40. The van der Waals surface area contributed by atoms with Crippen LogP contribution in [0.4, 0.5) is 0 Å². The third kappa shape index (κ3) is 18.6. The third-order valence-electron chi connectivity index (χ3n) is 4.21. The van der Waals surface area contributed by atoms with Crippen molar-refractivity contribution in [1.82, 2.24) is 0 Å². The molecule has 0 radical (unpaired) electrons. The molecule has 0 bridgehead atoms. The van der Waals surface area contributed by atoms with E-state index in [0.29, 0.717) is 0 Å². The Balaban J connectivity index is 2.88. The van der Waals surface area contributed by atoms with Crippen molar-refractivity contribution in [3.63, 3.8) is 0 Å². The fraction of sp³-hybridized carbons (Fsp3) is 1.00. The van der Waals surface area contributed by atoms with Crippen LogP contribution in [0.15, 0.2) is 0 Å². The van der Waals surface area contributed by atoms with Gasteiger partial charge in [-0.3, -0.25) is 0 Å². The fourth-order valence-electron chi connectivity index (χ4n) is 2.80. The second-order valence-electron chi connectivity index (χ2n) is 6.30. The van der Waals surface area contributed by atoms with Crippen molar-refractivity contribution in [3.05, 3.63) is 0 Å². The van der Waals surface area contributed by atoms with Crippen molar-refractivity contribution in [2.45, 2.75) is 114 Å². The van der Waals surface area contributed by atoms with Gasteiger partial charge in [0.05, 0.1) is 0 Å². The number of hydrogen-bond acceptors (Lipinski definition) is 0. The first-order valence-electron chi connectivity index (χ1n) is 9.41. The molecule has 0 aliphatic rings. The Morgan fingerprint density at radius 1 is 0.421 bits per heavy atom. The summed E-state index contributed by atoms with van der Waals surface area (Å²) in [6.45, 7) is 4.61. The first-order chi connectivity index (χ1) is 9.41. The van der Waals surface area contributed by atoms with Crippen LogP contribution in [0, 0.1) is 0 Å². The van der Waals surface area contributed by atoms with Crippen LogP contribution in [0.1, 0.15) is 104 Å². The van der Waals surface area contributed by atoms with E-state index in [2.05, 4.69) is 13.8 Å². The van der Waals surface area contributed by atoms with Gasteiger partial charge in [-0.25, -0.2) is 0 Å². The van der Waals surface area contributed by atoms with E-state index in [1.807, 2.05) is 0 Å². The average molecular weight is 320 g/mol. The van der Waals surface area contributed by atoms with Crippen molar-refractivity contribution in [3.8, 4) is 0 Å². The molecule has 0 heterocycles. The van der Waals surface area contributed by atoms with Crippen molar-refractivity contribution in [2.75, 3.05) is 0 Å². The van der Waals surface area contributed by atoms with Gasteiger partial charge in [0, 0.05) is 0 Å². The standard InChI is InChI=1S/2C9H19.Zn/c2*1-3-5-7-9-8-6-4-2;/h2*1,3-9H2,2H3;. The fourth-order valence-corrected chi connectivity index (χ4v) is 6.51. The number of unbranched alkanes of at least 4 members (excludes halogenated alkanes) is 12. The number of rotatable bonds is 16. The van der Waals surface area contributed by atoms with Crippen molar-refractivity contribution in [1.29, 1.82) is 0 Å². The van der Waals surface area contributed by atoms with Gasteiger partial charge in [0.15, 0.2) is 0 Å². The SMILES string of the molecule is CCCCCCCC[CH2][Zn][CH2]CCCCCCCC. The molecule has 0 nitrogen and oxygen atoms in total. The van der Waals surface area contributed by atoms with E-state index in [1.165, 1.54) is 77.0 Å². The summed E-state index contributed by atoms with van der Waals surface area (Å²) in [7, 11) is 0. The molecule has 0 unspecified atom stereocenters. The van der Waals surface area contributed by atoms with Crippen LogP contribution in [0.2, 0.25) is 10.0 Å². The molecular weight excluding hydrogens is 282 g/mol. The second-order valence-corrected chi connectivity index (χ2v) is 10.8.